The Morgan fingerprint density at radius 3 is 2.30 bits per heavy atom. The highest BCUT2D eigenvalue weighted by Gasteiger charge is 2.18. The quantitative estimate of drug-likeness (QED) is 0.0603. The van der Waals surface area contributed by atoms with Gasteiger partial charge >= 0.3 is 11.9 Å². The molecule has 0 unspecified atom stereocenters. The number of ether oxygens (including phenoxy) is 4. The average molecular weight is 584 g/mol. The predicted molar refractivity (Wildman–Crippen MR) is 167 cm³/mol. The summed E-state index contributed by atoms with van der Waals surface area (Å²) >= 11 is 0. The molecule has 0 aliphatic rings. The number of carbonyl (C=O) groups excluding carboxylic acids is 2. The Balaban J connectivity index is 1.62. The summed E-state index contributed by atoms with van der Waals surface area (Å²) < 4.78 is 22.8. The summed E-state index contributed by atoms with van der Waals surface area (Å²) in [5.74, 6) is 0.0262. The standard InChI is InChI=1S/C36H41NO6/c1-3-5-7-9-10-12-22-40-31-18-16-30(17-19-31)35(38)43-32-20-21-34(41-23-11-8-6-4-2)33(25-32)36(39)42-27-29-15-13-14-28(24-29)26-37/h4,13-21,24-25H,2-3,5-12,22-23,27H2,1H3. The van der Waals surface area contributed by atoms with Crippen LogP contribution in [-0.2, 0) is 11.3 Å². The van der Waals surface area contributed by atoms with Crippen molar-refractivity contribution >= 4 is 11.9 Å². The lowest BCUT2D eigenvalue weighted by molar-refractivity contribution is 0.0466. The summed E-state index contributed by atoms with van der Waals surface area (Å²) in [4.78, 5) is 26.0. The van der Waals surface area contributed by atoms with Gasteiger partial charge in [-0.3, -0.25) is 0 Å². The first kappa shape index (κ1) is 32.9. The number of benzene rings is 3. The lowest BCUT2D eigenvalue weighted by Gasteiger charge is -2.13. The largest absolute Gasteiger partial charge is 0.494 e. The third-order valence-electron chi connectivity index (χ3n) is 6.72. The molecule has 3 aromatic rings. The van der Waals surface area contributed by atoms with Gasteiger partial charge in [0.2, 0.25) is 0 Å². The molecule has 226 valence electrons. The van der Waals surface area contributed by atoms with E-state index in [-0.39, 0.29) is 17.9 Å². The van der Waals surface area contributed by atoms with E-state index in [0.717, 1.165) is 32.1 Å². The molecule has 0 heterocycles. The van der Waals surface area contributed by atoms with E-state index in [1.165, 1.54) is 31.7 Å². The van der Waals surface area contributed by atoms with Gasteiger partial charge < -0.3 is 18.9 Å². The molecule has 0 fully saturated rings. The Labute approximate surface area is 255 Å². The second kappa shape index (κ2) is 18.8. The highest BCUT2D eigenvalue weighted by atomic mass is 16.5. The van der Waals surface area contributed by atoms with E-state index in [1.807, 2.05) is 6.08 Å². The summed E-state index contributed by atoms with van der Waals surface area (Å²) in [6.45, 7) is 6.96. The molecule has 0 amide bonds. The van der Waals surface area contributed by atoms with Crippen molar-refractivity contribution in [2.45, 2.75) is 71.3 Å². The molecule has 0 atom stereocenters. The molecule has 0 saturated carbocycles. The first-order chi connectivity index (χ1) is 21.0. The van der Waals surface area contributed by atoms with Gasteiger partial charge in [-0.25, -0.2) is 9.59 Å². The zero-order chi connectivity index (χ0) is 30.7. The van der Waals surface area contributed by atoms with Crippen molar-refractivity contribution in [3.8, 4) is 23.3 Å². The summed E-state index contributed by atoms with van der Waals surface area (Å²) in [5, 5.41) is 9.14. The Morgan fingerprint density at radius 2 is 1.53 bits per heavy atom. The molecule has 0 spiro atoms. The highest BCUT2D eigenvalue weighted by Crippen LogP contribution is 2.27. The van der Waals surface area contributed by atoms with E-state index in [9.17, 15) is 9.59 Å². The van der Waals surface area contributed by atoms with Crippen LogP contribution in [0.2, 0.25) is 0 Å². The van der Waals surface area contributed by atoms with Gasteiger partial charge in [-0.1, -0.05) is 57.2 Å². The van der Waals surface area contributed by atoms with Crippen LogP contribution in [0.25, 0.3) is 0 Å². The van der Waals surface area contributed by atoms with Crippen molar-refractivity contribution in [1.82, 2.24) is 0 Å². The zero-order valence-electron chi connectivity index (χ0n) is 25.0. The third kappa shape index (κ3) is 11.7. The van der Waals surface area contributed by atoms with Crippen LogP contribution in [0.5, 0.6) is 17.2 Å². The van der Waals surface area contributed by atoms with Crippen molar-refractivity contribution in [2.75, 3.05) is 13.2 Å². The summed E-state index contributed by atoms with van der Waals surface area (Å²) in [7, 11) is 0. The number of rotatable bonds is 19. The van der Waals surface area contributed by atoms with Crippen LogP contribution < -0.4 is 14.2 Å². The fourth-order valence-electron chi connectivity index (χ4n) is 4.31. The van der Waals surface area contributed by atoms with Gasteiger partial charge in [0, 0.05) is 0 Å². The first-order valence-electron chi connectivity index (χ1n) is 15.0. The SMILES string of the molecule is C=CCCCCOc1ccc(OC(=O)c2ccc(OCCCCCCCC)cc2)cc1C(=O)OCc1cccc(C#N)c1. The topological polar surface area (TPSA) is 94.8 Å². The lowest BCUT2D eigenvalue weighted by Crippen LogP contribution is -2.12. The number of hydrogen-bond acceptors (Lipinski definition) is 7. The van der Waals surface area contributed by atoms with Crippen molar-refractivity contribution in [3.63, 3.8) is 0 Å². The van der Waals surface area contributed by atoms with Crippen LogP contribution in [0.15, 0.2) is 79.4 Å². The number of nitriles is 1. The summed E-state index contributed by atoms with van der Waals surface area (Å²) in [6, 6.07) is 20.4. The van der Waals surface area contributed by atoms with E-state index in [1.54, 1.807) is 60.7 Å². The van der Waals surface area contributed by atoms with E-state index >= 15 is 0 Å². The van der Waals surface area contributed by atoms with Crippen molar-refractivity contribution < 1.29 is 28.5 Å². The predicted octanol–water partition coefficient (Wildman–Crippen LogP) is 8.61. The monoisotopic (exact) mass is 583 g/mol. The van der Waals surface area contributed by atoms with Crippen molar-refractivity contribution in [1.29, 1.82) is 5.26 Å². The average Bonchev–Trinajstić information content (AvgIpc) is 3.04. The second-order valence-electron chi connectivity index (χ2n) is 10.2. The van der Waals surface area contributed by atoms with Crippen LogP contribution in [0, 0.1) is 11.3 Å². The molecule has 3 rings (SSSR count). The molecule has 7 heteroatoms. The summed E-state index contributed by atoms with van der Waals surface area (Å²) in [5.41, 5.74) is 1.66. The van der Waals surface area contributed by atoms with Gasteiger partial charge in [-0.2, -0.15) is 5.26 Å². The summed E-state index contributed by atoms with van der Waals surface area (Å²) in [6.07, 6.45) is 11.6. The Bertz CT molecular complexity index is 1360. The van der Waals surface area contributed by atoms with Gasteiger partial charge in [0.1, 0.15) is 29.4 Å². The van der Waals surface area contributed by atoms with Crippen LogP contribution in [-0.4, -0.2) is 25.2 Å². The minimum atomic E-state index is -0.631. The van der Waals surface area contributed by atoms with Crippen molar-refractivity contribution in [2.24, 2.45) is 0 Å². The number of allylic oxidation sites excluding steroid dienone is 1. The molecule has 3 aromatic carbocycles. The second-order valence-corrected chi connectivity index (χ2v) is 10.2. The van der Waals surface area contributed by atoms with Crippen molar-refractivity contribution in [3.05, 3.63) is 102 Å². The van der Waals surface area contributed by atoms with E-state index in [0.29, 0.717) is 41.4 Å². The van der Waals surface area contributed by atoms with E-state index < -0.39 is 11.9 Å². The molecular formula is C36H41NO6. The molecule has 0 aliphatic heterocycles. The maximum absolute atomic E-state index is 13.1. The number of nitrogens with zero attached hydrogens (tertiary/aromatic N) is 1. The Morgan fingerprint density at radius 1 is 0.814 bits per heavy atom. The maximum atomic E-state index is 13.1. The third-order valence-corrected chi connectivity index (χ3v) is 6.72. The van der Waals surface area contributed by atoms with Crippen LogP contribution in [0.3, 0.4) is 0 Å². The van der Waals surface area contributed by atoms with Gasteiger partial charge in [0.15, 0.2) is 0 Å². The molecule has 0 aromatic heterocycles. The smallest absolute Gasteiger partial charge is 0.343 e. The fourth-order valence-corrected chi connectivity index (χ4v) is 4.31. The Kier molecular flexibility index (Phi) is 14.4. The number of carbonyl (C=O) groups is 2. The molecule has 0 saturated heterocycles. The normalized spacial score (nSPS) is 10.4. The fraction of sp³-hybridized carbons (Fsp3) is 0.361. The van der Waals surface area contributed by atoms with E-state index in [2.05, 4.69) is 19.6 Å². The van der Waals surface area contributed by atoms with Gasteiger partial charge in [-0.15, -0.1) is 6.58 Å². The van der Waals surface area contributed by atoms with Gasteiger partial charge in [0.05, 0.1) is 30.4 Å². The van der Waals surface area contributed by atoms with Gasteiger partial charge in [-0.05, 0) is 85.8 Å². The molecule has 0 N–H and O–H groups in total. The Hall–Kier alpha value is -4.57. The lowest BCUT2D eigenvalue weighted by atomic mass is 10.1. The molecule has 0 radical (unpaired) electrons. The first-order valence-corrected chi connectivity index (χ1v) is 15.0. The van der Waals surface area contributed by atoms with Crippen LogP contribution in [0.4, 0.5) is 0 Å². The minimum absolute atomic E-state index is 0.0234. The van der Waals surface area contributed by atoms with Crippen LogP contribution in [0.1, 0.15) is 96.6 Å². The zero-order valence-corrected chi connectivity index (χ0v) is 25.0. The maximum Gasteiger partial charge on any atom is 0.343 e. The molecular weight excluding hydrogens is 542 g/mol. The molecule has 0 aliphatic carbocycles. The molecule has 43 heavy (non-hydrogen) atoms. The molecule has 7 nitrogen and oxygen atoms in total. The van der Waals surface area contributed by atoms with E-state index in [4.69, 9.17) is 24.2 Å². The molecule has 0 bridgehead atoms. The van der Waals surface area contributed by atoms with Crippen LogP contribution >= 0.6 is 0 Å². The number of unbranched alkanes of at least 4 members (excludes halogenated alkanes) is 7. The number of esters is 2. The van der Waals surface area contributed by atoms with Gasteiger partial charge in [0.25, 0.3) is 0 Å². The minimum Gasteiger partial charge on any atom is -0.494 e. The number of hydrogen-bond donors (Lipinski definition) is 0. The highest BCUT2D eigenvalue weighted by molar-refractivity contribution is 5.94.